The number of hydrogen-bond donors (Lipinski definition) is 1. The second-order valence-corrected chi connectivity index (χ2v) is 8.30. The van der Waals surface area contributed by atoms with E-state index in [4.69, 9.17) is 0 Å². The molecule has 29 heavy (non-hydrogen) atoms. The molecular weight excluding hydrogens is 366 g/mol. The van der Waals surface area contributed by atoms with Gasteiger partial charge in [-0.05, 0) is 43.0 Å². The van der Waals surface area contributed by atoms with Crippen LogP contribution < -0.4 is 10.9 Å². The van der Waals surface area contributed by atoms with Gasteiger partial charge in [-0.2, -0.15) is 0 Å². The van der Waals surface area contributed by atoms with Gasteiger partial charge in [0.15, 0.2) is 0 Å². The van der Waals surface area contributed by atoms with E-state index >= 15 is 0 Å². The molecule has 1 saturated heterocycles. The van der Waals surface area contributed by atoms with Gasteiger partial charge in [-0.1, -0.05) is 24.3 Å². The van der Waals surface area contributed by atoms with Crippen molar-refractivity contribution in [3.05, 3.63) is 69.1 Å². The van der Waals surface area contributed by atoms with Crippen molar-refractivity contribution in [1.29, 1.82) is 0 Å². The Balaban J connectivity index is 1.65. The number of pyridine rings is 1. The second kappa shape index (κ2) is 7.50. The lowest BCUT2D eigenvalue weighted by atomic mass is 9.78. The lowest BCUT2D eigenvalue weighted by molar-refractivity contribution is -0.135. The van der Waals surface area contributed by atoms with E-state index in [1.165, 1.54) is 11.6 Å². The number of nitrogens with zero attached hydrogens (tertiary/aromatic N) is 2. The van der Waals surface area contributed by atoms with Gasteiger partial charge in [-0.15, -0.1) is 0 Å². The van der Waals surface area contributed by atoms with Gasteiger partial charge in [-0.25, -0.2) is 0 Å². The molecule has 1 aromatic carbocycles. The third-order valence-electron chi connectivity index (χ3n) is 6.53. The highest BCUT2D eigenvalue weighted by Crippen LogP contribution is 2.41. The molecule has 1 aromatic heterocycles. The van der Waals surface area contributed by atoms with Crippen LogP contribution in [-0.2, 0) is 16.1 Å². The molecule has 4 rings (SSSR count). The van der Waals surface area contributed by atoms with Crippen molar-refractivity contribution in [2.24, 2.45) is 5.92 Å². The second-order valence-electron chi connectivity index (χ2n) is 8.30. The molecule has 3 heterocycles. The molecule has 2 bridgehead atoms. The van der Waals surface area contributed by atoms with Crippen LogP contribution in [0.25, 0.3) is 0 Å². The van der Waals surface area contributed by atoms with Crippen molar-refractivity contribution in [2.75, 3.05) is 13.1 Å². The first-order valence-corrected chi connectivity index (χ1v) is 10.2. The number of carbonyl (C=O) groups excluding carboxylic acids is 2. The van der Waals surface area contributed by atoms with E-state index in [-0.39, 0.29) is 29.2 Å². The van der Waals surface area contributed by atoms with Crippen LogP contribution in [0.4, 0.5) is 0 Å². The molecular formula is C23H27N3O3. The Labute approximate surface area is 170 Å². The van der Waals surface area contributed by atoms with Gasteiger partial charge in [0.1, 0.15) is 6.04 Å². The molecule has 0 unspecified atom stereocenters. The van der Waals surface area contributed by atoms with Gasteiger partial charge in [0.25, 0.3) is 5.56 Å². The number of likely N-dealkylation sites (tertiary alicyclic amines) is 1. The van der Waals surface area contributed by atoms with Crippen molar-refractivity contribution in [3.8, 4) is 0 Å². The summed E-state index contributed by atoms with van der Waals surface area (Å²) in [5.41, 5.74) is 4.12. The van der Waals surface area contributed by atoms with E-state index in [2.05, 4.69) is 18.3 Å². The Hall–Kier alpha value is -2.89. The van der Waals surface area contributed by atoms with Crippen LogP contribution in [-0.4, -0.2) is 34.4 Å². The molecule has 6 heteroatoms. The van der Waals surface area contributed by atoms with Crippen LogP contribution in [0.2, 0.25) is 0 Å². The Bertz CT molecular complexity index is 1030. The molecule has 1 fully saturated rings. The topological polar surface area (TPSA) is 71.4 Å². The minimum Gasteiger partial charge on any atom is -0.350 e. The standard InChI is InChI=1S/C23H27N3O3/c1-14-6-4-7-17(15(14)2)11-24-23(29)22-19-10-18(12-25(13-19)16(3)27)20-8-5-9-21(28)26(20)22/h4-9,18-19,22H,10-13H2,1-3H3,(H,24,29)/t18-,19+,22-/m1/s1. The number of nitrogens with one attached hydrogen (secondary N) is 1. The van der Waals surface area contributed by atoms with Crippen LogP contribution in [0.5, 0.6) is 0 Å². The quantitative estimate of drug-likeness (QED) is 0.870. The summed E-state index contributed by atoms with van der Waals surface area (Å²) in [6.07, 6.45) is 0.814. The Morgan fingerprint density at radius 2 is 1.86 bits per heavy atom. The molecule has 2 amide bonds. The van der Waals surface area contributed by atoms with Gasteiger partial charge in [0.05, 0.1) is 0 Å². The van der Waals surface area contributed by atoms with Crippen molar-refractivity contribution < 1.29 is 9.59 Å². The average Bonchev–Trinajstić information content (AvgIpc) is 2.69. The zero-order chi connectivity index (χ0) is 20.7. The molecule has 0 spiro atoms. The molecule has 6 nitrogen and oxygen atoms in total. The van der Waals surface area contributed by atoms with E-state index in [1.807, 2.05) is 30.0 Å². The summed E-state index contributed by atoms with van der Waals surface area (Å²) in [6.45, 7) is 7.20. The van der Waals surface area contributed by atoms with Crippen molar-refractivity contribution in [1.82, 2.24) is 14.8 Å². The predicted octanol–water partition coefficient (Wildman–Crippen LogP) is 2.29. The molecule has 2 aliphatic heterocycles. The van der Waals surface area contributed by atoms with E-state index < -0.39 is 6.04 Å². The van der Waals surface area contributed by atoms with E-state index in [1.54, 1.807) is 17.6 Å². The van der Waals surface area contributed by atoms with E-state index in [0.29, 0.717) is 19.6 Å². The number of aryl methyl sites for hydroxylation is 1. The van der Waals surface area contributed by atoms with Crippen LogP contribution >= 0.6 is 0 Å². The SMILES string of the molecule is CC(=O)N1C[C@H]2C[C@@H](C1)[C@H](C(=O)NCc1cccc(C)c1C)n1c2cccc1=O. The maximum Gasteiger partial charge on any atom is 0.251 e. The van der Waals surface area contributed by atoms with Crippen LogP contribution in [0.1, 0.15) is 47.7 Å². The van der Waals surface area contributed by atoms with Crippen LogP contribution in [0.15, 0.2) is 41.2 Å². The molecule has 0 aliphatic carbocycles. The minimum absolute atomic E-state index is 0.0148. The lowest BCUT2D eigenvalue weighted by Gasteiger charge is -2.46. The average molecular weight is 393 g/mol. The largest absolute Gasteiger partial charge is 0.350 e. The maximum absolute atomic E-state index is 13.3. The summed E-state index contributed by atoms with van der Waals surface area (Å²) in [7, 11) is 0. The molecule has 2 aliphatic rings. The summed E-state index contributed by atoms with van der Waals surface area (Å²) < 4.78 is 1.66. The third-order valence-corrected chi connectivity index (χ3v) is 6.53. The van der Waals surface area contributed by atoms with Crippen molar-refractivity contribution in [2.45, 2.75) is 45.7 Å². The number of benzene rings is 1. The highest BCUT2D eigenvalue weighted by Gasteiger charge is 2.44. The van der Waals surface area contributed by atoms with Crippen LogP contribution in [0, 0.1) is 19.8 Å². The normalized spacial score (nSPS) is 22.7. The third kappa shape index (κ3) is 3.48. The number of piperidine rings is 1. The summed E-state index contributed by atoms with van der Waals surface area (Å²) in [4.78, 5) is 39.8. The number of hydrogen-bond acceptors (Lipinski definition) is 3. The molecule has 3 atom stereocenters. The summed E-state index contributed by atoms with van der Waals surface area (Å²) in [5.74, 6) is -0.117. The van der Waals surface area contributed by atoms with Gasteiger partial charge < -0.3 is 10.2 Å². The van der Waals surface area contributed by atoms with Crippen molar-refractivity contribution in [3.63, 3.8) is 0 Å². The zero-order valence-corrected chi connectivity index (χ0v) is 17.1. The van der Waals surface area contributed by atoms with Gasteiger partial charge in [-0.3, -0.25) is 19.0 Å². The predicted molar refractivity (Wildman–Crippen MR) is 111 cm³/mol. The first-order chi connectivity index (χ1) is 13.9. The van der Waals surface area contributed by atoms with Crippen molar-refractivity contribution >= 4 is 11.8 Å². The molecule has 0 radical (unpaired) electrons. The number of amides is 2. The first-order valence-electron chi connectivity index (χ1n) is 10.2. The summed E-state index contributed by atoms with van der Waals surface area (Å²) >= 11 is 0. The highest BCUT2D eigenvalue weighted by molar-refractivity contribution is 5.81. The van der Waals surface area contributed by atoms with Crippen LogP contribution in [0.3, 0.4) is 0 Å². The summed E-state index contributed by atoms with van der Waals surface area (Å²) in [6, 6.07) is 10.6. The fourth-order valence-electron chi connectivity index (χ4n) is 4.82. The monoisotopic (exact) mass is 393 g/mol. The molecule has 1 N–H and O–H groups in total. The van der Waals surface area contributed by atoms with Gasteiger partial charge in [0.2, 0.25) is 11.8 Å². The van der Waals surface area contributed by atoms with E-state index in [9.17, 15) is 14.4 Å². The molecule has 2 aromatic rings. The maximum atomic E-state index is 13.3. The minimum atomic E-state index is -0.595. The lowest BCUT2D eigenvalue weighted by Crippen LogP contribution is -2.54. The number of aromatic nitrogens is 1. The first kappa shape index (κ1) is 19.4. The number of fused-ring (bicyclic) bond motifs is 4. The van der Waals surface area contributed by atoms with Gasteiger partial charge in [0, 0.05) is 50.2 Å². The smallest absolute Gasteiger partial charge is 0.251 e. The zero-order valence-electron chi connectivity index (χ0n) is 17.1. The fraction of sp³-hybridized carbons (Fsp3) is 0.435. The van der Waals surface area contributed by atoms with E-state index in [0.717, 1.165) is 23.2 Å². The molecule has 152 valence electrons. The summed E-state index contributed by atoms with van der Waals surface area (Å²) in [5, 5.41) is 3.05. The number of rotatable bonds is 3. The Morgan fingerprint density at radius 1 is 1.10 bits per heavy atom. The highest BCUT2D eigenvalue weighted by atomic mass is 16.2. The Morgan fingerprint density at radius 3 is 2.62 bits per heavy atom. The number of carbonyl (C=O) groups is 2. The Kier molecular flexibility index (Phi) is 5.03. The molecule has 0 saturated carbocycles. The fourth-order valence-corrected chi connectivity index (χ4v) is 4.82. The van der Waals surface area contributed by atoms with Gasteiger partial charge >= 0.3 is 0 Å².